The van der Waals surface area contributed by atoms with Crippen LogP contribution >= 0.6 is 0 Å². The monoisotopic (exact) mass is 286 g/mol. The highest BCUT2D eigenvalue weighted by Gasteiger charge is 2.19. The van der Waals surface area contributed by atoms with Crippen molar-refractivity contribution in [1.82, 2.24) is 9.78 Å². The minimum Gasteiger partial charge on any atom is -0.389 e. The summed E-state index contributed by atoms with van der Waals surface area (Å²) in [5.74, 6) is 0. The molecule has 0 spiro atoms. The fourth-order valence-corrected chi connectivity index (χ4v) is 2.87. The van der Waals surface area contributed by atoms with E-state index in [1.165, 1.54) is 11.1 Å². The second-order valence-corrected chi connectivity index (χ2v) is 5.52. The molecule has 1 atom stereocenters. The van der Waals surface area contributed by atoms with Gasteiger partial charge in [-0.3, -0.25) is 4.68 Å². The van der Waals surface area contributed by atoms with E-state index in [4.69, 9.17) is 5.10 Å². The van der Waals surface area contributed by atoms with Gasteiger partial charge < -0.3 is 5.11 Å². The van der Waals surface area contributed by atoms with E-state index in [1.807, 2.05) is 6.92 Å². The van der Waals surface area contributed by atoms with E-state index >= 15 is 0 Å². The van der Waals surface area contributed by atoms with Crippen LogP contribution in [0.15, 0.2) is 24.3 Å². The third-order valence-corrected chi connectivity index (χ3v) is 4.03. The van der Waals surface area contributed by atoms with E-state index in [0.717, 1.165) is 42.8 Å². The predicted molar refractivity (Wildman–Crippen MR) is 86.5 cm³/mol. The molecule has 21 heavy (non-hydrogen) atoms. The molecular formula is C18H26N2O. The average molecular weight is 286 g/mol. The summed E-state index contributed by atoms with van der Waals surface area (Å²) >= 11 is 0. The number of aromatic nitrogens is 2. The fraction of sp³-hybridized carbons (Fsp3) is 0.500. The molecular weight excluding hydrogens is 260 g/mol. The van der Waals surface area contributed by atoms with Crippen LogP contribution in [0.4, 0.5) is 0 Å². The largest absolute Gasteiger partial charge is 0.389 e. The first-order valence-electron chi connectivity index (χ1n) is 7.94. The summed E-state index contributed by atoms with van der Waals surface area (Å²) < 4.78 is 2.06. The van der Waals surface area contributed by atoms with E-state index in [-0.39, 0.29) is 0 Å². The molecule has 114 valence electrons. The standard InChI is InChI=1S/C18H26N2O/c1-5-14-8-10-15(11-9-14)12-20-17(7-3)18(13(4)21)16(6-2)19-20/h8-11,13,21H,5-7,12H2,1-4H3. The Morgan fingerprint density at radius 1 is 1.00 bits per heavy atom. The van der Waals surface area contributed by atoms with Gasteiger partial charge in [-0.05, 0) is 37.3 Å². The molecule has 0 aliphatic rings. The van der Waals surface area contributed by atoms with Crippen LogP contribution in [0, 0.1) is 0 Å². The second-order valence-electron chi connectivity index (χ2n) is 5.52. The van der Waals surface area contributed by atoms with Crippen molar-refractivity contribution in [1.29, 1.82) is 0 Å². The molecule has 0 aliphatic heterocycles. The quantitative estimate of drug-likeness (QED) is 0.880. The van der Waals surface area contributed by atoms with E-state index in [9.17, 15) is 5.11 Å². The van der Waals surface area contributed by atoms with Gasteiger partial charge in [0.2, 0.25) is 0 Å². The molecule has 1 heterocycles. The smallest absolute Gasteiger partial charge is 0.0798 e. The maximum Gasteiger partial charge on any atom is 0.0798 e. The van der Waals surface area contributed by atoms with E-state index < -0.39 is 6.10 Å². The lowest BCUT2D eigenvalue weighted by molar-refractivity contribution is 0.197. The van der Waals surface area contributed by atoms with Gasteiger partial charge in [-0.1, -0.05) is 45.0 Å². The van der Waals surface area contributed by atoms with Crippen LogP contribution in [-0.4, -0.2) is 14.9 Å². The Kier molecular flexibility index (Phi) is 5.18. The lowest BCUT2D eigenvalue weighted by atomic mass is 10.0. The summed E-state index contributed by atoms with van der Waals surface area (Å²) in [5.41, 5.74) is 5.80. The Balaban J connectivity index is 2.34. The van der Waals surface area contributed by atoms with Crippen molar-refractivity contribution in [2.24, 2.45) is 0 Å². The van der Waals surface area contributed by atoms with Crippen LogP contribution in [0.25, 0.3) is 0 Å². The molecule has 0 fully saturated rings. The van der Waals surface area contributed by atoms with E-state index in [2.05, 4.69) is 49.7 Å². The van der Waals surface area contributed by atoms with Crippen LogP contribution in [0.2, 0.25) is 0 Å². The zero-order valence-corrected chi connectivity index (χ0v) is 13.6. The van der Waals surface area contributed by atoms with Gasteiger partial charge in [-0.15, -0.1) is 0 Å². The van der Waals surface area contributed by atoms with Gasteiger partial charge in [0, 0.05) is 11.3 Å². The van der Waals surface area contributed by atoms with Crippen LogP contribution in [0.3, 0.4) is 0 Å². The summed E-state index contributed by atoms with van der Waals surface area (Å²) in [6.07, 6.45) is 2.36. The topological polar surface area (TPSA) is 38.0 Å². The molecule has 0 amide bonds. The zero-order valence-electron chi connectivity index (χ0n) is 13.6. The molecule has 1 aromatic carbocycles. The lowest BCUT2D eigenvalue weighted by Gasteiger charge is -2.10. The zero-order chi connectivity index (χ0) is 15.4. The average Bonchev–Trinajstić information content (AvgIpc) is 2.85. The van der Waals surface area contributed by atoms with Crippen molar-refractivity contribution in [3.63, 3.8) is 0 Å². The van der Waals surface area contributed by atoms with Gasteiger partial charge in [0.25, 0.3) is 0 Å². The SMILES string of the molecule is CCc1ccc(Cn2nc(CC)c(C(C)O)c2CC)cc1. The maximum atomic E-state index is 10.0. The molecule has 1 aromatic heterocycles. The molecule has 0 saturated carbocycles. The summed E-state index contributed by atoms with van der Waals surface area (Å²) in [7, 11) is 0. The van der Waals surface area contributed by atoms with Gasteiger partial charge in [-0.25, -0.2) is 0 Å². The molecule has 2 rings (SSSR count). The number of nitrogens with zero attached hydrogens (tertiary/aromatic N) is 2. The van der Waals surface area contributed by atoms with Crippen LogP contribution in [0.1, 0.15) is 61.9 Å². The van der Waals surface area contributed by atoms with E-state index in [0.29, 0.717) is 0 Å². The van der Waals surface area contributed by atoms with Crippen molar-refractivity contribution in [3.8, 4) is 0 Å². The number of hydrogen-bond donors (Lipinski definition) is 1. The summed E-state index contributed by atoms with van der Waals surface area (Å²) in [6.45, 7) is 8.98. The van der Waals surface area contributed by atoms with Gasteiger partial charge in [0.1, 0.15) is 0 Å². The Morgan fingerprint density at radius 3 is 2.10 bits per heavy atom. The predicted octanol–water partition coefficient (Wildman–Crippen LogP) is 3.67. The highest BCUT2D eigenvalue weighted by atomic mass is 16.3. The van der Waals surface area contributed by atoms with Crippen LogP contribution in [0.5, 0.6) is 0 Å². The molecule has 1 N–H and O–H groups in total. The number of aliphatic hydroxyl groups is 1. The number of aryl methyl sites for hydroxylation is 2. The Bertz CT molecular complexity index is 582. The van der Waals surface area contributed by atoms with Gasteiger partial charge in [-0.2, -0.15) is 5.10 Å². The van der Waals surface area contributed by atoms with Crippen molar-refractivity contribution in [2.45, 2.75) is 59.6 Å². The molecule has 3 nitrogen and oxygen atoms in total. The minimum absolute atomic E-state index is 0.453. The highest BCUT2D eigenvalue weighted by Crippen LogP contribution is 2.24. The maximum absolute atomic E-state index is 10.0. The first-order valence-corrected chi connectivity index (χ1v) is 7.94. The van der Waals surface area contributed by atoms with Crippen LogP contribution < -0.4 is 0 Å². The summed E-state index contributed by atoms with van der Waals surface area (Å²) in [5, 5.41) is 14.8. The third kappa shape index (κ3) is 3.35. The normalized spacial score (nSPS) is 12.6. The van der Waals surface area contributed by atoms with Crippen molar-refractivity contribution >= 4 is 0 Å². The Morgan fingerprint density at radius 2 is 1.62 bits per heavy atom. The summed E-state index contributed by atoms with van der Waals surface area (Å²) in [4.78, 5) is 0. The molecule has 2 aromatic rings. The van der Waals surface area contributed by atoms with Crippen molar-refractivity contribution in [2.75, 3.05) is 0 Å². The first kappa shape index (κ1) is 15.8. The van der Waals surface area contributed by atoms with Gasteiger partial charge in [0.15, 0.2) is 0 Å². The molecule has 1 unspecified atom stereocenters. The number of benzene rings is 1. The fourth-order valence-electron chi connectivity index (χ4n) is 2.87. The molecule has 0 aliphatic carbocycles. The first-order chi connectivity index (χ1) is 10.1. The minimum atomic E-state index is -0.453. The number of hydrogen-bond acceptors (Lipinski definition) is 2. The van der Waals surface area contributed by atoms with Crippen LogP contribution in [-0.2, 0) is 25.8 Å². The van der Waals surface area contributed by atoms with E-state index in [1.54, 1.807) is 0 Å². The highest BCUT2D eigenvalue weighted by molar-refractivity contribution is 5.30. The Hall–Kier alpha value is -1.61. The third-order valence-electron chi connectivity index (χ3n) is 4.03. The molecule has 0 bridgehead atoms. The van der Waals surface area contributed by atoms with Crippen molar-refractivity contribution < 1.29 is 5.11 Å². The molecule has 0 radical (unpaired) electrons. The molecule has 0 saturated heterocycles. The molecule has 3 heteroatoms. The van der Waals surface area contributed by atoms with Crippen molar-refractivity contribution in [3.05, 3.63) is 52.3 Å². The lowest BCUT2D eigenvalue weighted by Crippen LogP contribution is -2.07. The number of aliphatic hydroxyl groups excluding tert-OH is 1. The van der Waals surface area contributed by atoms with Gasteiger partial charge in [0.05, 0.1) is 18.3 Å². The second kappa shape index (κ2) is 6.90. The van der Waals surface area contributed by atoms with Gasteiger partial charge >= 0.3 is 0 Å². The Labute approximate surface area is 127 Å². The number of rotatable bonds is 6. The summed E-state index contributed by atoms with van der Waals surface area (Å²) in [6, 6.07) is 8.71.